The van der Waals surface area contributed by atoms with Crippen molar-refractivity contribution in [2.75, 3.05) is 0 Å². The average molecular weight is 862 g/mol. The Bertz CT molecular complexity index is 3830. The van der Waals surface area contributed by atoms with Crippen LogP contribution in [0.15, 0.2) is 231 Å². The molecule has 0 N–H and O–H groups in total. The summed E-state index contributed by atoms with van der Waals surface area (Å²) >= 11 is 0.106. The molecule has 0 nitrogen and oxygen atoms in total. The molecule has 0 aliphatic rings. The first-order valence-electron chi connectivity index (χ1n) is 21.8. The van der Waals surface area contributed by atoms with E-state index >= 15 is 0 Å². The van der Waals surface area contributed by atoms with Gasteiger partial charge in [0.1, 0.15) is 0 Å². The normalized spacial score (nSPS) is 11.8. The molecule has 13 rings (SSSR count). The van der Waals surface area contributed by atoms with E-state index in [1.807, 2.05) is 0 Å². The van der Waals surface area contributed by atoms with E-state index in [-0.39, 0.29) is 14.5 Å². The molecule has 0 radical (unpaired) electrons. The second-order valence-corrected chi connectivity index (χ2v) is 18.8. The summed E-state index contributed by atoms with van der Waals surface area (Å²) in [7, 11) is 0. The second kappa shape index (κ2) is 14.5. The third-order valence-corrected chi connectivity index (χ3v) is 15.8. The summed E-state index contributed by atoms with van der Waals surface area (Å²) in [6.07, 6.45) is 0. The molecule has 0 saturated heterocycles. The van der Waals surface area contributed by atoms with E-state index in [9.17, 15) is 0 Å². The quantitative estimate of drug-likeness (QED) is 0.119. The van der Waals surface area contributed by atoms with Gasteiger partial charge in [0.15, 0.2) is 0 Å². The van der Waals surface area contributed by atoms with E-state index < -0.39 is 0 Å². The Morgan fingerprint density at radius 1 is 0.222 bits per heavy atom. The summed E-state index contributed by atoms with van der Waals surface area (Å²) in [6, 6.07) is 85.8. The Hall–Kier alpha value is -7.54. The van der Waals surface area contributed by atoms with Gasteiger partial charge >= 0.3 is 321 Å². The van der Waals surface area contributed by atoms with Crippen LogP contribution in [0.5, 0.6) is 0 Å². The van der Waals surface area contributed by atoms with Gasteiger partial charge in [0.2, 0.25) is 0 Å². The number of hydrogen-bond donors (Lipinski definition) is 0. The number of rotatable bonds is 5. The van der Waals surface area contributed by atoms with Crippen LogP contribution in [0.25, 0.3) is 129 Å². The maximum absolute atomic E-state index is 2.38. The van der Waals surface area contributed by atoms with Gasteiger partial charge in [-0.25, -0.2) is 0 Å². The standard InChI is InChI=1S/C62H38Se/c1-2-18-41(19-3-1)57-47-24-8-12-28-51(47)60(52-29-13-9-25-48(52)57)54-32-15-33-55-61-53(31-16-34-56(61)63-62(54)55)59-49-26-10-6-22-45(49)58(46-23-7-11-27-50(46)59)42-37-35-40(36-38-42)44-30-14-20-39-17-4-5-21-43(39)44/h1-38H. The minimum absolute atomic E-state index is 0.106. The number of fused-ring (bicyclic) bond motifs is 8. The van der Waals surface area contributed by atoms with Gasteiger partial charge in [-0.2, -0.15) is 0 Å². The summed E-state index contributed by atoms with van der Waals surface area (Å²) in [4.78, 5) is 0. The molecular weight excluding hydrogens is 824 g/mol. The van der Waals surface area contributed by atoms with Gasteiger partial charge in [-0.05, 0) is 10.8 Å². The zero-order chi connectivity index (χ0) is 41.4. The predicted molar refractivity (Wildman–Crippen MR) is 273 cm³/mol. The molecular formula is C62H38Se. The van der Waals surface area contributed by atoms with Crippen molar-refractivity contribution in [3.05, 3.63) is 231 Å². The molecule has 0 amide bonds. The van der Waals surface area contributed by atoms with Crippen LogP contribution in [0.2, 0.25) is 0 Å². The zero-order valence-electron chi connectivity index (χ0n) is 34.3. The van der Waals surface area contributed by atoms with Gasteiger partial charge in [-0.1, -0.05) is 42.5 Å². The molecule has 0 aliphatic heterocycles. The van der Waals surface area contributed by atoms with Gasteiger partial charge in [0, 0.05) is 0 Å². The molecule has 13 aromatic rings. The van der Waals surface area contributed by atoms with Crippen molar-refractivity contribution in [1.29, 1.82) is 0 Å². The fourth-order valence-electron chi connectivity index (χ4n) is 10.6. The Morgan fingerprint density at radius 2 is 0.603 bits per heavy atom. The Kier molecular flexibility index (Phi) is 8.34. The molecule has 1 heterocycles. The zero-order valence-corrected chi connectivity index (χ0v) is 36.1. The minimum atomic E-state index is 0.106. The van der Waals surface area contributed by atoms with Crippen LogP contribution in [0.1, 0.15) is 0 Å². The second-order valence-electron chi connectivity index (χ2n) is 16.6. The summed E-state index contributed by atoms with van der Waals surface area (Å²) < 4.78 is 2.91. The van der Waals surface area contributed by atoms with Crippen molar-refractivity contribution in [2.45, 2.75) is 0 Å². The molecule has 0 spiro atoms. The van der Waals surface area contributed by atoms with Crippen LogP contribution in [0.3, 0.4) is 0 Å². The van der Waals surface area contributed by atoms with Gasteiger partial charge in [0.25, 0.3) is 0 Å². The van der Waals surface area contributed by atoms with Crippen LogP contribution in [-0.4, -0.2) is 14.5 Å². The number of hydrogen-bond acceptors (Lipinski definition) is 0. The van der Waals surface area contributed by atoms with Crippen LogP contribution in [0, 0.1) is 0 Å². The molecule has 0 bridgehead atoms. The summed E-state index contributed by atoms with van der Waals surface area (Å²) in [5.41, 5.74) is 12.9. The fourth-order valence-corrected chi connectivity index (χ4v) is 13.2. The van der Waals surface area contributed by atoms with Gasteiger partial charge in [-0.3, -0.25) is 0 Å². The van der Waals surface area contributed by atoms with Crippen molar-refractivity contribution in [3.8, 4) is 55.6 Å². The molecule has 0 atom stereocenters. The van der Waals surface area contributed by atoms with E-state index in [1.165, 1.54) is 129 Å². The van der Waals surface area contributed by atoms with Crippen molar-refractivity contribution in [1.82, 2.24) is 0 Å². The van der Waals surface area contributed by atoms with Crippen molar-refractivity contribution >= 4 is 87.7 Å². The van der Waals surface area contributed by atoms with Crippen LogP contribution in [0.4, 0.5) is 0 Å². The third-order valence-electron chi connectivity index (χ3n) is 13.3. The van der Waals surface area contributed by atoms with Crippen molar-refractivity contribution in [3.63, 3.8) is 0 Å². The van der Waals surface area contributed by atoms with Gasteiger partial charge in [0.05, 0.1) is 0 Å². The SMILES string of the molecule is c1ccc(-c2c3ccccc3c(-c3cccc4c3[se]c3cccc(-c5c6ccccc6c(-c6ccc(-c7cccc8ccccc78)cc6)c6ccccc56)c34)c3ccccc23)cc1. The molecule has 292 valence electrons. The summed E-state index contributed by atoms with van der Waals surface area (Å²) in [6.45, 7) is 0. The first-order valence-corrected chi connectivity index (χ1v) is 23.5. The average Bonchev–Trinajstić information content (AvgIpc) is 3.75. The maximum atomic E-state index is 2.38. The monoisotopic (exact) mass is 862 g/mol. The van der Waals surface area contributed by atoms with E-state index in [4.69, 9.17) is 0 Å². The van der Waals surface area contributed by atoms with Crippen LogP contribution < -0.4 is 0 Å². The fraction of sp³-hybridized carbons (Fsp3) is 0. The Labute approximate surface area is 371 Å². The van der Waals surface area contributed by atoms with Gasteiger partial charge < -0.3 is 0 Å². The van der Waals surface area contributed by atoms with Crippen molar-refractivity contribution < 1.29 is 0 Å². The Morgan fingerprint density at radius 3 is 1.19 bits per heavy atom. The molecule has 0 fully saturated rings. The summed E-state index contributed by atoms with van der Waals surface area (Å²) in [5.74, 6) is 0. The molecule has 0 unspecified atom stereocenters. The molecule has 1 aromatic heterocycles. The number of benzene rings is 12. The van der Waals surface area contributed by atoms with Crippen LogP contribution in [-0.2, 0) is 0 Å². The molecule has 0 saturated carbocycles. The predicted octanol–water partition coefficient (Wildman–Crippen LogP) is 17.2. The molecule has 0 aliphatic carbocycles. The van der Waals surface area contributed by atoms with Crippen LogP contribution >= 0.6 is 0 Å². The molecule has 63 heavy (non-hydrogen) atoms. The first kappa shape index (κ1) is 36.1. The van der Waals surface area contributed by atoms with E-state index in [1.54, 1.807) is 0 Å². The van der Waals surface area contributed by atoms with E-state index in [2.05, 4.69) is 231 Å². The molecule has 1 heteroatoms. The summed E-state index contributed by atoms with van der Waals surface area (Å²) in [5, 5.41) is 15.6. The van der Waals surface area contributed by atoms with E-state index in [0.29, 0.717) is 0 Å². The molecule has 12 aromatic carbocycles. The van der Waals surface area contributed by atoms with Crippen molar-refractivity contribution in [2.24, 2.45) is 0 Å². The van der Waals surface area contributed by atoms with E-state index in [0.717, 1.165) is 0 Å². The van der Waals surface area contributed by atoms with Gasteiger partial charge in [-0.15, -0.1) is 0 Å². The third kappa shape index (κ3) is 5.61. The first-order chi connectivity index (χ1) is 31.3. The Balaban J connectivity index is 1.04. The topological polar surface area (TPSA) is 0 Å².